The molecule has 0 radical (unpaired) electrons. The monoisotopic (exact) mass is 321 g/mol. The Morgan fingerprint density at radius 3 is 2.55 bits per heavy atom. The van der Waals surface area contributed by atoms with Crippen LogP contribution in [0.2, 0.25) is 0 Å². The third kappa shape index (κ3) is 4.38. The molecule has 6 nitrogen and oxygen atoms in total. The fourth-order valence-corrected chi connectivity index (χ4v) is 2.17. The van der Waals surface area contributed by atoms with Gasteiger partial charge in [-0.3, -0.25) is 25.2 Å². The molecule has 2 rings (SSSR count). The molecule has 8 heteroatoms. The standard InChI is InChI=1S/C14H12FN3O3S/c15-10-4-1-3-9(7-10)13(20)18-17-12(19)8-16-14(21)11-5-2-6-22-11/h1-7H,8H2,(H,16,21)(H,17,19)(H,18,20). The molecule has 0 aliphatic rings. The van der Waals surface area contributed by atoms with Crippen LogP contribution < -0.4 is 16.2 Å². The van der Waals surface area contributed by atoms with E-state index in [1.165, 1.54) is 29.5 Å². The molecule has 1 heterocycles. The molecule has 3 amide bonds. The van der Waals surface area contributed by atoms with Crippen LogP contribution in [0.1, 0.15) is 20.0 Å². The number of halogens is 1. The maximum atomic E-state index is 13.0. The number of amides is 3. The molecular weight excluding hydrogens is 309 g/mol. The molecule has 0 fully saturated rings. The number of hydrazine groups is 1. The second kappa shape index (κ2) is 7.32. The molecule has 1 aromatic carbocycles. The molecule has 0 unspecified atom stereocenters. The van der Waals surface area contributed by atoms with E-state index < -0.39 is 17.6 Å². The Balaban J connectivity index is 1.76. The number of nitrogens with one attached hydrogen (secondary N) is 3. The van der Waals surface area contributed by atoms with E-state index in [2.05, 4.69) is 16.2 Å². The Hall–Kier alpha value is -2.74. The Kier molecular flexibility index (Phi) is 5.21. The summed E-state index contributed by atoms with van der Waals surface area (Å²) >= 11 is 1.25. The molecule has 0 atom stereocenters. The number of thiophene rings is 1. The van der Waals surface area contributed by atoms with Crippen molar-refractivity contribution in [3.8, 4) is 0 Å². The van der Waals surface area contributed by atoms with E-state index in [1.54, 1.807) is 17.5 Å². The van der Waals surface area contributed by atoms with Crippen molar-refractivity contribution in [3.05, 3.63) is 58.0 Å². The van der Waals surface area contributed by atoms with Crippen molar-refractivity contribution in [2.45, 2.75) is 0 Å². The fraction of sp³-hybridized carbons (Fsp3) is 0.0714. The number of carbonyl (C=O) groups excluding carboxylic acids is 3. The summed E-state index contributed by atoms with van der Waals surface area (Å²) in [5.41, 5.74) is 4.33. The van der Waals surface area contributed by atoms with Gasteiger partial charge in [0, 0.05) is 5.56 Å². The van der Waals surface area contributed by atoms with Crippen molar-refractivity contribution >= 4 is 29.1 Å². The van der Waals surface area contributed by atoms with Gasteiger partial charge in [-0.1, -0.05) is 12.1 Å². The maximum Gasteiger partial charge on any atom is 0.269 e. The van der Waals surface area contributed by atoms with Crippen molar-refractivity contribution < 1.29 is 18.8 Å². The van der Waals surface area contributed by atoms with Gasteiger partial charge in [0.05, 0.1) is 11.4 Å². The minimum atomic E-state index is -0.655. The third-order valence-corrected chi connectivity index (χ3v) is 3.43. The average molecular weight is 321 g/mol. The van der Waals surface area contributed by atoms with E-state index in [9.17, 15) is 18.8 Å². The molecule has 0 aliphatic heterocycles. The molecular formula is C14H12FN3O3S. The summed E-state index contributed by atoms with van der Waals surface area (Å²) in [5, 5.41) is 4.15. The lowest BCUT2D eigenvalue weighted by atomic mass is 10.2. The van der Waals surface area contributed by atoms with Crippen LogP contribution in [0.15, 0.2) is 41.8 Å². The molecule has 3 N–H and O–H groups in total. The van der Waals surface area contributed by atoms with Gasteiger partial charge in [-0.05, 0) is 29.6 Å². The first-order chi connectivity index (χ1) is 10.6. The molecule has 0 bridgehead atoms. The van der Waals surface area contributed by atoms with Crippen LogP contribution in [0.25, 0.3) is 0 Å². The summed E-state index contributed by atoms with van der Waals surface area (Å²) in [4.78, 5) is 35.2. The smallest absolute Gasteiger partial charge is 0.269 e. The second-order valence-electron chi connectivity index (χ2n) is 4.17. The van der Waals surface area contributed by atoms with Gasteiger partial charge in [-0.15, -0.1) is 11.3 Å². The van der Waals surface area contributed by atoms with E-state index >= 15 is 0 Å². The number of carbonyl (C=O) groups is 3. The van der Waals surface area contributed by atoms with E-state index in [0.717, 1.165) is 6.07 Å². The van der Waals surface area contributed by atoms with Gasteiger partial charge in [0.2, 0.25) is 0 Å². The van der Waals surface area contributed by atoms with Crippen LogP contribution in [-0.2, 0) is 4.79 Å². The van der Waals surface area contributed by atoms with Gasteiger partial charge in [0.15, 0.2) is 0 Å². The van der Waals surface area contributed by atoms with Crippen LogP contribution in [0.3, 0.4) is 0 Å². The summed E-state index contributed by atoms with van der Waals surface area (Å²) in [6.45, 7) is -0.292. The van der Waals surface area contributed by atoms with Crippen LogP contribution >= 0.6 is 11.3 Å². The average Bonchev–Trinajstić information content (AvgIpc) is 3.04. The second-order valence-corrected chi connectivity index (χ2v) is 5.12. The summed E-state index contributed by atoms with van der Waals surface area (Å²) in [6.07, 6.45) is 0. The first-order valence-corrected chi connectivity index (χ1v) is 7.10. The van der Waals surface area contributed by atoms with Gasteiger partial charge >= 0.3 is 0 Å². The number of hydrogen-bond donors (Lipinski definition) is 3. The zero-order valence-corrected chi connectivity index (χ0v) is 12.1. The summed E-state index contributed by atoms with van der Waals surface area (Å²) in [6, 6.07) is 8.38. The molecule has 0 saturated carbocycles. The fourth-order valence-electron chi connectivity index (χ4n) is 1.53. The predicted octanol–water partition coefficient (Wildman–Crippen LogP) is 1.08. The summed E-state index contributed by atoms with van der Waals surface area (Å²) in [7, 11) is 0. The van der Waals surface area contributed by atoms with Gasteiger partial charge in [-0.2, -0.15) is 0 Å². The lowest BCUT2D eigenvalue weighted by molar-refractivity contribution is -0.120. The number of benzene rings is 1. The molecule has 0 aliphatic carbocycles. The zero-order valence-electron chi connectivity index (χ0n) is 11.3. The Morgan fingerprint density at radius 1 is 1.05 bits per heavy atom. The van der Waals surface area contributed by atoms with Crippen molar-refractivity contribution in [1.82, 2.24) is 16.2 Å². The highest BCUT2D eigenvalue weighted by Gasteiger charge is 2.10. The Bertz CT molecular complexity index is 688. The predicted molar refractivity (Wildman–Crippen MR) is 78.7 cm³/mol. The van der Waals surface area contributed by atoms with Crippen LogP contribution in [-0.4, -0.2) is 24.3 Å². The number of rotatable bonds is 4. The lowest BCUT2D eigenvalue weighted by Gasteiger charge is -2.08. The van der Waals surface area contributed by atoms with Crippen molar-refractivity contribution in [2.75, 3.05) is 6.54 Å². The largest absolute Gasteiger partial charge is 0.342 e. The summed E-state index contributed by atoms with van der Waals surface area (Å²) < 4.78 is 13.0. The van der Waals surface area contributed by atoms with Gasteiger partial charge in [0.25, 0.3) is 17.7 Å². The van der Waals surface area contributed by atoms with Crippen LogP contribution in [0.5, 0.6) is 0 Å². The first kappa shape index (κ1) is 15.6. The Morgan fingerprint density at radius 2 is 1.86 bits per heavy atom. The molecule has 0 spiro atoms. The minimum absolute atomic E-state index is 0.0721. The topological polar surface area (TPSA) is 87.3 Å². The van der Waals surface area contributed by atoms with Crippen molar-refractivity contribution in [3.63, 3.8) is 0 Å². The minimum Gasteiger partial charge on any atom is -0.342 e. The van der Waals surface area contributed by atoms with Gasteiger partial charge < -0.3 is 5.32 Å². The SMILES string of the molecule is O=C(CNC(=O)c1cccs1)NNC(=O)c1cccc(F)c1. The van der Waals surface area contributed by atoms with E-state index in [-0.39, 0.29) is 18.0 Å². The Labute approximate surface area is 129 Å². The molecule has 114 valence electrons. The first-order valence-electron chi connectivity index (χ1n) is 6.22. The normalized spacial score (nSPS) is 9.86. The molecule has 2 aromatic rings. The van der Waals surface area contributed by atoms with Crippen LogP contribution in [0.4, 0.5) is 4.39 Å². The highest BCUT2D eigenvalue weighted by atomic mass is 32.1. The van der Waals surface area contributed by atoms with Gasteiger partial charge in [-0.25, -0.2) is 4.39 Å². The van der Waals surface area contributed by atoms with Crippen molar-refractivity contribution in [1.29, 1.82) is 0 Å². The molecule has 1 aromatic heterocycles. The van der Waals surface area contributed by atoms with E-state index in [0.29, 0.717) is 4.88 Å². The summed E-state index contributed by atoms with van der Waals surface area (Å²) in [5.74, 6) is -2.18. The third-order valence-electron chi connectivity index (χ3n) is 2.56. The molecule has 22 heavy (non-hydrogen) atoms. The quantitative estimate of drug-likeness (QED) is 0.736. The van der Waals surface area contributed by atoms with Gasteiger partial charge in [0.1, 0.15) is 5.82 Å². The highest BCUT2D eigenvalue weighted by molar-refractivity contribution is 7.12. The number of hydrogen-bond acceptors (Lipinski definition) is 4. The maximum absolute atomic E-state index is 13.0. The van der Waals surface area contributed by atoms with E-state index in [4.69, 9.17) is 0 Å². The molecule has 0 saturated heterocycles. The lowest BCUT2D eigenvalue weighted by Crippen LogP contribution is -2.46. The van der Waals surface area contributed by atoms with Crippen molar-refractivity contribution in [2.24, 2.45) is 0 Å². The zero-order chi connectivity index (χ0) is 15.9. The van der Waals surface area contributed by atoms with Crippen LogP contribution in [0, 0.1) is 5.82 Å². The highest BCUT2D eigenvalue weighted by Crippen LogP contribution is 2.07. The van der Waals surface area contributed by atoms with E-state index in [1.807, 2.05) is 0 Å².